The van der Waals surface area contributed by atoms with Crippen LogP contribution in [0.5, 0.6) is 0 Å². The van der Waals surface area contributed by atoms with Crippen molar-refractivity contribution in [1.82, 2.24) is 4.31 Å². The van der Waals surface area contributed by atoms with E-state index in [0.29, 0.717) is 23.9 Å². The van der Waals surface area contributed by atoms with Gasteiger partial charge in [-0.1, -0.05) is 6.07 Å². The van der Waals surface area contributed by atoms with Crippen LogP contribution in [0.25, 0.3) is 0 Å². The fraction of sp³-hybridized carbons (Fsp3) is 0.625. The third-order valence-electron chi connectivity index (χ3n) is 4.68. The lowest BCUT2D eigenvalue weighted by Gasteiger charge is -2.30. The summed E-state index contributed by atoms with van der Waals surface area (Å²) in [6.45, 7) is 1.94. The van der Waals surface area contributed by atoms with Gasteiger partial charge in [0, 0.05) is 26.8 Å². The molecule has 1 aromatic rings. The Labute approximate surface area is 127 Å². The van der Waals surface area contributed by atoms with E-state index in [0.717, 1.165) is 38.7 Å². The summed E-state index contributed by atoms with van der Waals surface area (Å²) in [7, 11) is -1.63. The molecule has 116 valence electrons. The Kier molecular flexibility index (Phi) is 4.33. The first kappa shape index (κ1) is 15.0. The van der Waals surface area contributed by atoms with Gasteiger partial charge in [0.05, 0.1) is 4.90 Å². The van der Waals surface area contributed by atoms with Gasteiger partial charge in [-0.2, -0.15) is 4.31 Å². The summed E-state index contributed by atoms with van der Waals surface area (Å²) < 4.78 is 32.3. The summed E-state index contributed by atoms with van der Waals surface area (Å²) in [5.41, 5.74) is 2.53. The molecule has 1 aliphatic carbocycles. The molecular weight excluding hydrogens is 286 g/mol. The van der Waals surface area contributed by atoms with Crippen LogP contribution in [-0.4, -0.2) is 39.5 Å². The lowest BCUT2D eigenvalue weighted by molar-refractivity contribution is 0.121. The molecule has 5 heteroatoms. The van der Waals surface area contributed by atoms with E-state index in [1.807, 2.05) is 12.1 Å². The highest BCUT2D eigenvalue weighted by molar-refractivity contribution is 7.89. The molecule has 0 unspecified atom stereocenters. The molecule has 0 aromatic heterocycles. The second kappa shape index (κ2) is 6.07. The Morgan fingerprint density at radius 3 is 2.62 bits per heavy atom. The summed E-state index contributed by atoms with van der Waals surface area (Å²) in [6.07, 6.45) is 5.00. The molecule has 0 amide bonds. The zero-order valence-electron chi connectivity index (χ0n) is 12.5. The monoisotopic (exact) mass is 309 g/mol. The molecular formula is C16H23NO3S. The minimum Gasteiger partial charge on any atom is -0.384 e. The summed E-state index contributed by atoms with van der Waals surface area (Å²) in [5.74, 6) is 0.487. The molecule has 0 spiro atoms. The number of hydrogen-bond donors (Lipinski definition) is 0. The quantitative estimate of drug-likeness (QED) is 0.857. The van der Waals surface area contributed by atoms with Crippen molar-refractivity contribution < 1.29 is 13.2 Å². The number of piperidine rings is 1. The zero-order chi connectivity index (χ0) is 14.9. The number of ether oxygens (including phenoxy) is 1. The molecule has 0 radical (unpaired) electrons. The average Bonchev–Trinajstić information content (AvgIpc) is 2.95. The van der Waals surface area contributed by atoms with Crippen molar-refractivity contribution in [2.75, 3.05) is 26.8 Å². The van der Waals surface area contributed by atoms with E-state index < -0.39 is 10.0 Å². The van der Waals surface area contributed by atoms with Crippen LogP contribution in [0, 0.1) is 5.92 Å². The van der Waals surface area contributed by atoms with Crippen LogP contribution < -0.4 is 0 Å². The fourth-order valence-electron chi connectivity index (χ4n) is 3.41. The third kappa shape index (κ3) is 3.00. The summed E-state index contributed by atoms with van der Waals surface area (Å²) in [4.78, 5) is 0.466. The SMILES string of the molecule is COCC1CCN(S(=O)(=O)c2ccc3c(c2)CCC3)CC1. The highest BCUT2D eigenvalue weighted by atomic mass is 32.2. The minimum atomic E-state index is -3.33. The number of sulfonamides is 1. The van der Waals surface area contributed by atoms with Crippen molar-refractivity contribution in [3.8, 4) is 0 Å². The molecule has 1 fully saturated rings. The smallest absolute Gasteiger partial charge is 0.243 e. The molecule has 1 aliphatic heterocycles. The standard InChI is InChI=1S/C16H23NO3S/c1-20-12-13-7-9-17(10-8-13)21(18,19)16-6-5-14-3-2-4-15(14)11-16/h5-6,11,13H,2-4,7-10,12H2,1H3. The minimum absolute atomic E-state index is 0.466. The maximum atomic E-state index is 12.7. The molecule has 21 heavy (non-hydrogen) atoms. The van der Waals surface area contributed by atoms with Gasteiger partial charge in [-0.25, -0.2) is 8.42 Å². The van der Waals surface area contributed by atoms with E-state index in [9.17, 15) is 8.42 Å². The van der Waals surface area contributed by atoms with Crippen molar-refractivity contribution in [2.24, 2.45) is 5.92 Å². The predicted octanol–water partition coefficient (Wildman–Crippen LogP) is 2.22. The maximum absolute atomic E-state index is 12.7. The van der Waals surface area contributed by atoms with Crippen LogP contribution in [0.1, 0.15) is 30.4 Å². The van der Waals surface area contributed by atoms with Gasteiger partial charge in [0.15, 0.2) is 0 Å². The van der Waals surface area contributed by atoms with Crippen molar-refractivity contribution in [3.63, 3.8) is 0 Å². The molecule has 0 N–H and O–H groups in total. The van der Waals surface area contributed by atoms with E-state index >= 15 is 0 Å². The van der Waals surface area contributed by atoms with Gasteiger partial charge < -0.3 is 4.74 Å². The van der Waals surface area contributed by atoms with E-state index in [4.69, 9.17) is 4.74 Å². The lowest BCUT2D eigenvalue weighted by atomic mass is 9.99. The fourth-order valence-corrected chi connectivity index (χ4v) is 4.93. The third-order valence-corrected chi connectivity index (χ3v) is 6.58. The average molecular weight is 309 g/mol. The number of benzene rings is 1. The van der Waals surface area contributed by atoms with Gasteiger partial charge in [0.25, 0.3) is 0 Å². The normalized spacial score (nSPS) is 20.6. The Balaban J connectivity index is 1.75. The molecule has 0 atom stereocenters. The van der Waals surface area contributed by atoms with Gasteiger partial charge >= 0.3 is 0 Å². The number of nitrogens with zero attached hydrogens (tertiary/aromatic N) is 1. The number of methoxy groups -OCH3 is 1. The van der Waals surface area contributed by atoms with Crippen LogP contribution >= 0.6 is 0 Å². The number of fused-ring (bicyclic) bond motifs is 1. The molecule has 1 saturated heterocycles. The summed E-state index contributed by atoms with van der Waals surface area (Å²) >= 11 is 0. The topological polar surface area (TPSA) is 46.6 Å². The maximum Gasteiger partial charge on any atom is 0.243 e. The molecule has 3 rings (SSSR count). The van der Waals surface area contributed by atoms with Gasteiger partial charge in [-0.15, -0.1) is 0 Å². The van der Waals surface area contributed by atoms with Crippen molar-refractivity contribution in [1.29, 1.82) is 0 Å². The molecule has 0 bridgehead atoms. The largest absolute Gasteiger partial charge is 0.384 e. The van der Waals surface area contributed by atoms with Crippen LogP contribution in [0.15, 0.2) is 23.1 Å². The van der Waals surface area contributed by atoms with Gasteiger partial charge in [0.1, 0.15) is 0 Å². The Morgan fingerprint density at radius 1 is 1.19 bits per heavy atom. The summed E-state index contributed by atoms with van der Waals surface area (Å²) in [6, 6.07) is 5.66. The van der Waals surface area contributed by atoms with E-state index in [1.54, 1.807) is 17.5 Å². The van der Waals surface area contributed by atoms with Crippen molar-refractivity contribution >= 4 is 10.0 Å². The van der Waals surface area contributed by atoms with Crippen LogP contribution in [0.3, 0.4) is 0 Å². The molecule has 1 aromatic carbocycles. The first-order valence-electron chi connectivity index (χ1n) is 7.72. The van der Waals surface area contributed by atoms with E-state index in [1.165, 1.54) is 11.1 Å². The lowest BCUT2D eigenvalue weighted by Crippen LogP contribution is -2.39. The molecule has 4 nitrogen and oxygen atoms in total. The van der Waals surface area contributed by atoms with E-state index in [2.05, 4.69) is 0 Å². The van der Waals surface area contributed by atoms with Gasteiger partial charge in [0.2, 0.25) is 10.0 Å². The highest BCUT2D eigenvalue weighted by Gasteiger charge is 2.30. The zero-order valence-corrected chi connectivity index (χ0v) is 13.4. The Bertz CT molecular complexity index is 604. The summed E-state index contributed by atoms with van der Waals surface area (Å²) in [5, 5.41) is 0. The number of rotatable bonds is 4. The van der Waals surface area contributed by atoms with Crippen LogP contribution in [0.4, 0.5) is 0 Å². The molecule has 0 saturated carbocycles. The van der Waals surface area contributed by atoms with E-state index in [-0.39, 0.29) is 0 Å². The second-order valence-corrected chi connectivity index (χ2v) is 8.02. The van der Waals surface area contributed by atoms with Crippen molar-refractivity contribution in [2.45, 2.75) is 37.0 Å². The first-order valence-corrected chi connectivity index (χ1v) is 9.16. The van der Waals surface area contributed by atoms with Crippen LogP contribution in [-0.2, 0) is 27.6 Å². The Hall–Kier alpha value is -0.910. The molecule has 2 aliphatic rings. The second-order valence-electron chi connectivity index (χ2n) is 6.09. The number of aryl methyl sites for hydroxylation is 2. The predicted molar refractivity (Wildman–Crippen MR) is 81.8 cm³/mol. The highest BCUT2D eigenvalue weighted by Crippen LogP contribution is 2.28. The Morgan fingerprint density at radius 2 is 1.90 bits per heavy atom. The number of hydrogen-bond acceptors (Lipinski definition) is 3. The first-order chi connectivity index (χ1) is 10.1. The van der Waals surface area contributed by atoms with Gasteiger partial charge in [-0.05, 0) is 61.3 Å². The van der Waals surface area contributed by atoms with Crippen molar-refractivity contribution in [3.05, 3.63) is 29.3 Å². The molecule has 1 heterocycles. The van der Waals surface area contributed by atoms with Crippen LogP contribution in [0.2, 0.25) is 0 Å². The van der Waals surface area contributed by atoms with Gasteiger partial charge in [-0.3, -0.25) is 0 Å².